The van der Waals surface area contributed by atoms with Crippen LogP contribution in [-0.4, -0.2) is 26.1 Å². The number of carbonyl (C=O) groups excluding carboxylic acids is 1. The van der Waals surface area contributed by atoms with Crippen LogP contribution in [0.2, 0.25) is 0 Å². The van der Waals surface area contributed by atoms with Gasteiger partial charge >= 0.3 is 0 Å². The number of carbonyl (C=O) groups is 1. The van der Waals surface area contributed by atoms with Gasteiger partial charge in [0.1, 0.15) is 5.75 Å². The molecule has 0 aliphatic carbocycles. The molecule has 1 amide bonds. The van der Waals surface area contributed by atoms with Crippen LogP contribution in [0.25, 0.3) is 10.8 Å². The summed E-state index contributed by atoms with van der Waals surface area (Å²) in [4.78, 5) is 11.9. The van der Waals surface area contributed by atoms with Crippen molar-refractivity contribution < 1.29 is 9.53 Å². The van der Waals surface area contributed by atoms with E-state index in [1.54, 1.807) is 7.11 Å². The molecule has 0 unspecified atom stereocenters. The van der Waals surface area contributed by atoms with Crippen molar-refractivity contribution >= 4 is 16.7 Å². The number of hydrogen-bond donors (Lipinski definition) is 2. The minimum absolute atomic E-state index is 0.107. The van der Waals surface area contributed by atoms with Gasteiger partial charge in [-0.15, -0.1) is 0 Å². The summed E-state index contributed by atoms with van der Waals surface area (Å²) < 4.78 is 5.42. The Morgan fingerprint density at radius 2 is 2.10 bits per heavy atom. The Morgan fingerprint density at radius 1 is 1.30 bits per heavy atom. The maximum atomic E-state index is 11.9. The number of hydrogen-bond acceptors (Lipinski definition) is 3. The lowest BCUT2D eigenvalue weighted by Gasteiger charge is -2.26. The van der Waals surface area contributed by atoms with Gasteiger partial charge in [0, 0.05) is 25.2 Å². The molecule has 0 radical (unpaired) electrons. The van der Waals surface area contributed by atoms with Gasteiger partial charge in [0.15, 0.2) is 0 Å². The van der Waals surface area contributed by atoms with Gasteiger partial charge in [-0.2, -0.15) is 0 Å². The molecule has 2 aromatic carbocycles. The van der Waals surface area contributed by atoms with Crippen molar-refractivity contribution in [1.82, 2.24) is 10.6 Å². The Hall–Kier alpha value is -2.07. The lowest BCUT2D eigenvalue weighted by atomic mass is 10.0. The first-order valence-electron chi connectivity index (χ1n) is 6.82. The zero-order valence-corrected chi connectivity index (χ0v) is 11.5. The Labute approximate surface area is 118 Å². The highest BCUT2D eigenvalue weighted by atomic mass is 16.5. The second kappa shape index (κ2) is 5.51. The van der Waals surface area contributed by atoms with E-state index in [2.05, 4.69) is 22.8 Å². The third-order valence-corrected chi connectivity index (χ3v) is 3.81. The molecule has 0 bridgehead atoms. The van der Waals surface area contributed by atoms with E-state index in [1.165, 1.54) is 0 Å². The van der Waals surface area contributed by atoms with Crippen LogP contribution in [-0.2, 0) is 11.3 Å². The summed E-state index contributed by atoms with van der Waals surface area (Å²) in [7, 11) is 1.66. The van der Waals surface area contributed by atoms with E-state index < -0.39 is 0 Å². The van der Waals surface area contributed by atoms with Gasteiger partial charge in [0.2, 0.25) is 5.91 Å². The molecule has 1 heterocycles. The van der Waals surface area contributed by atoms with Crippen molar-refractivity contribution in [2.75, 3.05) is 20.2 Å². The number of benzene rings is 2. The smallest absolute Gasteiger partial charge is 0.225 e. The summed E-state index contributed by atoms with van der Waals surface area (Å²) in [5.41, 5.74) is 1.03. The molecule has 0 saturated carbocycles. The Balaban J connectivity index is 1.86. The third-order valence-electron chi connectivity index (χ3n) is 3.81. The van der Waals surface area contributed by atoms with E-state index in [9.17, 15) is 4.79 Å². The monoisotopic (exact) mass is 270 g/mol. The quantitative estimate of drug-likeness (QED) is 0.889. The first-order valence-corrected chi connectivity index (χ1v) is 6.82. The van der Waals surface area contributed by atoms with Gasteiger partial charge < -0.3 is 15.4 Å². The lowest BCUT2D eigenvalue weighted by Crippen LogP contribution is -2.50. The lowest BCUT2D eigenvalue weighted by molar-refractivity contribution is -0.126. The maximum Gasteiger partial charge on any atom is 0.225 e. The minimum Gasteiger partial charge on any atom is -0.496 e. The van der Waals surface area contributed by atoms with Crippen LogP contribution >= 0.6 is 0 Å². The van der Waals surface area contributed by atoms with Crippen LogP contribution in [0.1, 0.15) is 5.56 Å². The van der Waals surface area contributed by atoms with E-state index >= 15 is 0 Å². The molecule has 104 valence electrons. The first kappa shape index (κ1) is 12.9. The number of rotatable bonds is 4. The molecule has 1 aliphatic heterocycles. The van der Waals surface area contributed by atoms with Gasteiger partial charge in [-0.25, -0.2) is 0 Å². The predicted octanol–water partition coefficient (Wildman–Crippen LogP) is 1.68. The molecule has 1 fully saturated rings. The summed E-state index contributed by atoms with van der Waals surface area (Å²) in [5, 5.41) is 8.40. The highest BCUT2D eigenvalue weighted by molar-refractivity contribution is 5.88. The van der Waals surface area contributed by atoms with Crippen LogP contribution < -0.4 is 15.4 Å². The number of nitrogens with one attached hydrogen (secondary N) is 2. The molecule has 3 rings (SSSR count). The topological polar surface area (TPSA) is 50.4 Å². The van der Waals surface area contributed by atoms with Crippen LogP contribution in [0, 0.1) is 5.92 Å². The van der Waals surface area contributed by atoms with Crippen molar-refractivity contribution in [2.24, 2.45) is 5.92 Å². The molecule has 0 spiro atoms. The summed E-state index contributed by atoms with van der Waals surface area (Å²) in [6, 6.07) is 12.1. The fourth-order valence-corrected chi connectivity index (χ4v) is 2.48. The number of amides is 1. The fraction of sp³-hybridized carbons (Fsp3) is 0.312. The van der Waals surface area contributed by atoms with Gasteiger partial charge in [0.05, 0.1) is 13.0 Å². The molecule has 4 nitrogen and oxygen atoms in total. The highest BCUT2D eigenvalue weighted by Crippen LogP contribution is 2.27. The van der Waals surface area contributed by atoms with Crippen molar-refractivity contribution in [3.63, 3.8) is 0 Å². The van der Waals surface area contributed by atoms with Gasteiger partial charge in [-0.3, -0.25) is 4.79 Å². The van der Waals surface area contributed by atoms with Crippen LogP contribution in [0.15, 0.2) is 36.4 Å². The van der Waals surface area contributed by atoms with Crippen molar-refractivity contribution in [3.05, 3.63) is 42.0 Å². The molecule has 20 heavy (non-hydrogen) atoms. The standard InChI is InChI=1S/C16H18N2O2/c1-20-15-7-6-11-4-2-3-5-13(11)14(15)10-18-16(19)12-8-17-9-12/h2-7,12,17H,8-10H2,1H3,(H,18,19). The van der Waals surface area contributed by atoms with E-state index in [-0.39, 0.29) is 11.8 Å². The summed E-state index contributed by atoms with van der Waals surface area (Å²) in [6.45, 7) is 2.05. The van der Waals surface area contributed by atoms with Gasteiger partial charge in [-0.1, -0.05) is 30.3 Å². The third kappa shape index (κ3) is 2.34. The van der Waals surface area contributed by atoms with Crippen molar-refractivity contribution in [3.8, 4) is 5.75 Å². The Kier molecular flexibility index (Phi) is 3.56. The zero-order chi connectivity index (χ0) is 13.9. The molecule has 0 aromatic heterocycles. The second-order valence-electron chi connectivity index (χ2n) is 5.04. The summed E-state index contributed by atoms with van der Waals surface area (Å²) in [6.07, 6.45) is 0. The SMILES string of the molecule is COc1ccc2ccccc2c1CNC(=O)C1CNC1. The predicted molar refractivity (Wildman–Crippen MR) is 78.7 cm³/mol. The second-order valence-corrected chi connectivity index (χ2v) is 5.04. The van der Waals surface area contributed by atoms with Crippen LogP contribution in [0.5, 0.6) is 5.75 Å². The van der Waals surface area contributed by atoms with Crippen molar-refractivity contribution in [2.45, 2.75) is 6.54 Å². The molecule has 1 saturated heterocycles. The molecule has 2 aromatic rings. The average molecular weight is 270 g/mol. The summed E-state index contributed by atoms with van der Waals surface area (Å²) in [5.74, 6) is 1.03. The number of fused-ring (bicyclic) bond motifs is 1. The van der Waals surface area contributed by atoms with Gasteiger partial charge in [-0.05, 0) is 16.8 Å². The Bertz CT molecular complexity index is 635. The number of ether oxygens (including phenoxy) is 1. The maximum absolute atomic E-state index is 11.9. The molecule has 2 N–H and O–H groups in total. The largest absolute Gasteiger partial charge is 0.496 e. The Morgan fingerprint density at radius 3 is 2.80 bits per heavy atom. The molecule has 4 heteroatoms. The first-order chi connectivity index (χ1) is 9.79. The van der Waals surface area contributed by atoms with E-state index in [0.29, 0.717) is 6.54 Å². The summed E-state index contributed by atoms with van der Waals surface area (Å²) >= 11 is 0. The zero-order valence-electron chi connectivity index (χ0n) is 11.5. The molecular formula is C16H18N2O2. The fourth-order valence-electron chi connectivity index (χ4n) is 2.48. The van der Waals surface area contributed by atoms with Gasteiger partial charge in [0.25, 0.3) is 0 Å². The molecule has 0 atom stereocenters. The molecular weight excluding hydrogens is 252 g/mol. The van der Waals surface area contributed by atoms with Crippen LogP contribution in [0.3, 0.4) is 0 Å². The van der Waals surface area contributed by atoms with Crippen molar-refractivity contribution in [1.29, 1.82) is 0 Å². The molecule has 1 aliphatic rings. The average Bonchev–Trinajstić information content (AvgIpc) is 2.42. The van der Waals surface area contributed by atoms with E-state index in [0.717, 1.165) is 35.2 Å². The number of methoxy groups -OCH3 is 1. The van der Waals surface area contributed by atoms with Crippen LogP contribution in [0.4, 0.5) is 0 Å². The highest BCUT2D eigenvalue weighted by Gasteiger charge is 2.24. The van der Waals surface area contributed by atoms with E-state index in [1.807, 2.05) is 24.3 Å². The normalized spacial score (nSPS) is 14.8. The minimum atomic E-state index is 0.107. The van der Waals surface area contributed by atoms with E-state index in [4.69, 9.17) is 4.74 Å².